The van der Waals surface area contributed by atoms with E-state index in [2.05, 4.69) is 19.7 Å². The van der Waals surface area contributed by atoms with Gasteiger partial charge in [0, 0.05) is 5.38 Å². The number of carbonyl (C=O) groups is 2. The van der Waals surface area contributed by atoms with E-state index in [1.54, 1.807) is 0 Å². The Kier molecular flexibility index (Phi) is 4.40. The van der Waals surface area contributed by atoms with Crippen LogP contribution in [0.3, 0.4) is 0 Å². The SMILES string of the molecule is COC(=O)CO/N=C(/C(=O)O)c1csc(N)n1. The normalized spacial score (nSPS) is 11.0. The van der Waals surface area contributed by atoms with Gasteiger partial charge in [-0.3, -0.25) is 0 Å². The molecule has 1 heterocycles. The molecule has 92 valence electrons. The van der Waals surface area contributed by atoms with Gasteiger partial charge in [0.2, 0.25) is 12.3 Å². The molecule has 0 fully saturated rings. The summed E-state index contributed by atoms with van der Waals surface area (Å²) < 4.78 is 4.29. The minimum absolute atomic E-state index is 0.0739. The first-order valence-electron chi connectivity index (χ1n) is 4.26. The lowest BCUT2D eigenvalue weighted by Gasteiger charge is -1.99. The Morgan fingerprint density at radius 3 is 2.82 bits per heavy atom. The molecule has 0 aliphatic heterocycles. The first-order valence-corrected chi connectivity index (χ1v) is 5.14. The van der Waals surface area contributed by atoms with Crippen molar-refractivity contribution >= 4 is 34.1 Å². The number of methoxy groups -OCH3 is 1. The van der Waals surface area contributed by atoms with Crippen molar-refractivity contribution in [2.45, 2.75) is 0 Å². The van der Waals surface area contributed by atoms with E-state index in [1.165, 1.54) is 12.5 Å². The fourth-order valence-corrected chi connectivity index (χ4v) is 1.35. The largest absolute Gasteiger partial charge is 0.476 e. The molecule has 0 aromatic carbocycles. The van der Waals surface area contributed by atoms with E-state index in [0.717, 1.165) is 11.3 Å². The van der Waals surface area contributed by atoms with Gasteiger partial charge in [0.05, 0.1) is 7.11 Å². The van der Waals surface area contributed by atoms with Gasteiger partial charge in [0.25, 0.3) is 0 Å². The monoisotopic (exact) mass is 259 g/mol. The van der Waals surface area contributed by atoms with Crippen LogP contribution in [0, 0.1) is 0 Å². The van der Waals surface area contributed by atoms with E-state index < -0.39 is 24.3 Å². The number of thiazole rings is 1. The summed E-state index contributed by atoms with van der Waals surface area (Å²) >= 11 is 1.07. The number of carboxylic acid groups (broad SMARTS) is 1. The Labute approximate surface area is 99.6 Å². The second-order valence-corrected chi connectivity index (χ2v) is 3.56. The molecule has 1 aromatic rings. The Bertz CT molecular complexity index is 456. The van der Waals surface area contributed by atoms with Crippen molar-refractivity contribution in [1.29, 1.82) is 0 Å². The molecule has 0 bridgehead atoms. The average molecular weight is 259 g/mol. The van der Waals surface area contributed by atoms with Crippen molar-refractivity contribution in [3.8, 4) is 0 Å². The third-order valence-electron chi connectivity index (χ3n) is 1.53. The summed E-state index contributed by atoms with van der Waals surface area (Å²) in [6.45, 7) is -0.479. The van der Waals surface area contributed by atoms with E-state index in [9.17, 15) is 9.59 Å². The highest BCUT2D eigenvalue weighted by molar-refractivity contribution is 7.13. The molecule has 0 aliphatic rings. The van der Waals surface area contributed by atoms with Crippen LogP contribution < -0.4 is 5.73 Å². The van der Waals surface area contributed by atoms with Crippen LogP contribution >= 0.6 is 11.3 Å². The fourth-order valence-electron chi connectivity index (χ4n) is 0.800. The number of esters is 1. The topological polar surface area (TPSA) is 124 Å². The number of anilines is 1. The van der Waals surface area contributed by atoms with Gasteiger partial charge in [-0.15, -0.1) is 11.3 Å². The van der Waals surface area contributed by atoms with Crippen molar-refractivity contribution in [1.82, 2.24) is 4.98 Å². The zero-order valence-electron chi connectivity index (χ0n) is 8.74. The number of ether oxygens (including phenoxy) is 1. The van der Waals surface area contributed by atoms with Crippen molar-refractivity contribution in [3.63, 3.8) is 0 Å². The van der Waals surface area contributed by atoms with E-state index in [4.69, 9.17) is 10.8 Å². The predicted molar refractivity (Wildman–Crippen MR) is 58.7 cm³/mol. The highest BCUT2D eigenvalue weighted by Crippen LogP contribution is 2.12. The van der Waals surface area contributed by atoms with Crippen molar-refractivity contribution in [3.05, 3.63) is 11.1 Å². The van der Waals surface area contributed by atoms with Gasteiger partial charge in [0.1, 0.15) is 5.69 Å². The first-order chi connectivity index (χ1) is 8.04. The maximum atomic E-state index is 10.9. The fraction of sp³-hybridized carbons (Fsp3) is 0.250. The molecule has 0 spiro atoms. The Balaban J connectivity index is 2.76. The van der Waals surface area contributed by atoms with Crippen LogP contribution in [0.25, 0.3) is 0 Å². The van der Waals surface area contributed by atoms with Crippen molar-refractivity contribution in [2.24, 2.45) is 5.16 Å². The van der Waals surface area contributed by atoms with E-state index in [-0.39, 0.29) is 10.8 Å². The first kappa shape index (κ1) is 12.9. The van der Waals surface area contributed by atoms with Gasteiger partial charge in [-0.05, 0) is 0 Å². The number of hydrogen-bond donors (Lipinski definition) is 2. The van der Waals surface area contributed by atoms with Gasteiger partial charge in [-0.1, -0.05) is 5.16 Å². The molecule has 0 aliphatic carbocycles. The number of carbonyl (C=O) groups excluding carboxylic acids is 1. The van der Waals surface area contributed by atoms with Gasteiger partial charge < -0.3 is 20.4 Å². The molecule has 17 heavy (non-hydrogen) atoms. The third kappa shape index (κ3) is 3.72. The molecule has 3 N–H and O–H groups in total. The predicted octanol–water partition coefficient (Wildman–Crippen LogP) is -0.296. The number of nitrogens with zero attached hydrogens (tertiary/aromatic N) is 2. The average Bonchev–Trinajstić information content (AvgIpc) is 2.70. The number of hydrogen-bond acceptors (Lipinski definition) is 8. The highest BCUT2D eigenvalue weighted by atomic mass is 32.1. The molecule has 1 aromatic heterocycles. The zero-order valence-corrected chi connectivity index (χ0v) is 9.56. The molecule has 0 saturated heterocycles. The number of nitrogens with two attached hydrogens (primary N) is 1. The van der Waals surface area contributed by atoms with E-state index >= 15 is 0 Å². The standard InChI is InChI=1S/C8H9N3O5S/c1-15-5(12)2-16-11-6(7(13)14)4-3-17-8(9)10-4/h3H,2H2,1H3,(H2,9,10)(H,13,14)/b11-6+. The zero-order chi connectivity index (χ0) is 12.8. The summed E-state index contributed by atoms with van der Waals surface area (Å²) in [4.78, 5) is 29.8. The number of carboxylic acids is 1. The van der Waals surface area contributed by atoms with Crippen LogP contribution in [0.4, 0.5) is 5.13 Å². The summed E-state index contributed by atoms with van der Waals surface area (Å²) in [6, 6.07) is 0. The number of aromatic nitrogens is 1. The smallest absolute Gasteiger partial charge is 0.360 e. The van der Waals surface area contributed by atoms with Gasteiger partial charge in [-0.2, -0.15) is 0 Å². The molecule has 0 unspecified atom stereocenters. The van der Waals surface area contributed by atoms with Crippen LogP contribution in [-0.2, 0) is 19.2 Å². The Morgan fingerprint density at radius 2 is 2.35 bits per heavy atom. The van der Waals surface area contributed by atoms with Crippen LogP contribution in [-0.4, -0.2) is 41.5 Å². The molecule has 0 atom stereocenters. The number of nitrogen functional groups attached to an aromatic ring is 1. The molecule has 9 heteroatoms. The summed E-state index contributed by atoms with van der Waals surface area (Å²) in [5.74, 6) is -2.00. The molecular weight excluding hydrogens is 250 g/mol. The summed E-state index contributed by atoms with van der Waals surface area (Å²) in [5, 5.41) is 13.8. The maximum Gasteiger partial charge on any atom is 0.360 e. The molecule has 0 saturated carbocycles. The van der Waals surface area contributed by atoms with Crippen LogP contribution in [0.15, 0.2) is 10.5 Å². The number of aliphatic carboxylic acids is 1. The molecule has 0 radical (unpaired) electrons. The van der Waals surface area contributed by atoms with Gasteiger partial charge in [-0.25, -0.2) is 14.6 Å². The Hall–Kier alpha value is -2.16. The second kappa shape index (κ2) is 5.80. The second-order valence-electron chi connectivity index (χ2n) is 2.67. The maximum absolute atomic E-state index is 10.9. The van der Waals surface area contributed by atoms with Crippen molar-refractivity contribution < 1.29 is 24.3 Å². The summed E-state index contributed by atoms with van der Waals surface area (Å²) in [7, 11) is 1.18. The lowest BCUT2D eigenvalue weighted by atomic mass is 10.3. The highest BCUT2D eigenvalue weighted by Gasteiger charge is 2.17. The van der Waals surface area contributed by atoms with Crippen molar-refractivity contribution in [2.75, 3.05) is 19.5 Å². The number of rotatable bonds is 5. The minimum atomic E-state index is -1.33. The third-order valence-corrected chi connectivity index (χ3v) is 2.21. The van der Waals surface area contributed by atoms with Crippen LogP contribution in [0.5, 0.6) is 0 Å². The van der Waals surface area contributed by atoms with Crippen LogP contribution in [0.1, 0.15) is 5.69 Å². The molecule has 8 nitrogen and oxygen atoms in total. The Morgan fingerprint density at radius 1 is 1.65 bits per heavy atom. The van der Waals surface area contributed by atoms with Gasteiger partial charge >= 0.3 is 11.9 Å². The van der Waals surface area contributed by atoms with E-state index in [1.807, 2.05) is 0 Å². The summed E-state index contributed by atoms with van der Waals surface area (Å²) in [6.07, 6.45) is 0. The molecule has 0 amide bonds. The van der Waals surface area contributed by atoms with Crippen LogP contribution in [0.2, 0.25) is 0 Å². The van der Waals surface area contributed by atoms with Gasteiger partial charge in [0.15, 0.2) is 5.13 Å². The molecular formula is C8H9N3O5S. The lowest BCUT2D eigenvalue weighted by Crippen LogP contribution is -2.17. The summed E-state index contributed by atoms with van der Waals surface area (Å²) in [5.41, 5.74) is 5.00. The lowest BCUT2D eigenvalue weighted by molar-refractivity contribution is -0.146. The minimum Gasteiger partial charge on any atom is -0.476 e. The van der Waals surface area contributed by atoms with E-state index in [0.29, 0.717) is 0 Å². The number of oxime groups is 1. The molecule has 1 rings (SSSR count). The quantitative estimate of drug-likeness (QED) is 0.422.